The first-order valence-electron chi connectivity index (χ1n) is 6.40. The van der Waals surface area contributed by atoms with Gasteiger partial charge in [-0.2, -0.15) is 4.31 Å². The third-order valence-corrected chi connectivity index (χ3v) is 5.11. The van der Waals surface area contributed by atoms with Crippen molar-refractivity contribution in [3.8, 4) is 0 Å². The van der Waals surface area contributed by atoms with Crippen molar-refractivity contribution >= 4 is 16.0 Å². The fourth-order valence-electron chi connectivity index (χ4n) is 1.96. The van der Waals surface area contributed by atoms with Crippen LogP contribution in [0.1, 0.15) is 43.1 Å². The summed E-state index contributed by atoms with van der Waals surface area (Å²) in [5.41, 5.74) is -0.107. The van der Waals surface area contributed by atoms with Gasteiger partial charge in [0.15, 0.2) is 0 Å². The molecule has 1 aromatic heterocycles. The van der Waals surface area contributed by atoms with E-state index in [0.29, 0.717) is 6.54 Å². The molecule has 0 amide bonds. The Balaban J connectivity index is 2.25. The molecule has 1 aromatic rings. The van der Waals surface area contributed by atoms with Gasteiger partial charge in [0.2, 0.25) is 10.0 Å². The first kappa shape index (κ1) is 14.1. The second kappa shape index (κ2) is 5.34. The van der Waals surface area contributed by atoms with Gasteiger partial charge in [-0.25, -0.2) is 13.2 Å². The molecule has 6 nitrogen and oxygen atoms in total. The van der Waals surface area contributed by atoms with Crippen molar-refractivity contribution in [3.63, 3.8) is 0 Å². The van der Waals surface area contributed by atoms with Crippen LogP contribution >= 0.6 is 0 Å². The lowest BCUT2D eigenvalue weighted by Crippen LogP contribution is -2.33. The number of carbonyl (C=O) groups is 1. The van der Waals surface area contributed by atoms with Gasteiger partial charge < -0.3 is 10.1 Å². The Morgan fingerprint density at radius 2 is 2.21 bits per heavy atom. The molecule has 1 fully saturated rings. The molecule has 1 saturated carbocycles. The Morgan fingerprint density at radius 1 is 1.53 bits per heavy atom. The van der Waals surface area contributed by atoms with Crippen LogP contribution < -0.4 is 0 Å². The number of H-pyrrole nitrogens is 1. The summed E-state index contributed by atoms with van der Waals surface area (Å²) in [5, 5.41) is 8.83. The maximum Gasteiger partial charge on any atom is 0.352 e. The molecule has 1 heterocycles. The highest BCUT2D eigenvalue weighted by molar-refractivity contribution is 7.89. The molecule has 0 aliphatic heterocycles. The average Bonchev–Trinajstić information content (AvgIpc) is 3.04. The monoisotopic (exact) mass is 286 g/mol. The molecule has 19 heavy (non-hydrogen) atoms. The molecule has 0 radical (unpaired) electrons. The molecule has 2 N–H and O–H groups in total. The maximum atomic E-state index is 12.5. The minimum atomic E-state index is -3.58. The first-order chi connectivity index (χ1) is 8.96. The van der Waals surface area contributed by atoms with Crippen LogP contribution in [-0.2, 0) is 10.0 Å². The van der Waals surface area contributed by atoms with Crippen LogP contribution in [0, 0.1) is 0 Å². The predicted octanol–water partition coefficient (Wildman–Crippen LogP) is 1.67. The topological polar surface area (TPSA) is 90.5 Å². The number of carboxylic acids is 1. The number of hydrogen-bond donors (Lipinski definition) is 2. The van der Waals surface area contributed by atoms with Crippen LogP contribution in [0.4, 0.5) is 0 Å². The highest BCUT2D eigenvalue weighted by atomic mass is 32.2. The van der Waals surface area contributed by atoms with Gasteiger partial charge >= 0.3 is 5.97 Å². The van der Waals surface area contributed by atoms with Gasteiger partial charge in [-0.15, -0.1) is 0 Å². The average molecular weight is 286 g/mol. The summed E-state index contributed by atoms with van der Waals surface area (Å²) in [6.45, 7) is 2.51. The number of sulfonamides is 1. The van der Waals surface area contributed by atoms with Gasteiger partial charge in [-0.05, 0) is 25.3 Å². The highest BCUT2D eigenvalue weighted by Crippen LogP contribution is 2.32. The van der Waals surface area contributed by atoms with Gasteiger partial charge in [0.05, 0.1) is 0 Å². The molecule has 0 aromatic carbocycles. The van der Waals surface area contributed by atoms with Crippen LogP contribution in [0.2, 0.25) is 0 Å². The molecule has 0 atom stereocenters. The fourth-order valence-corrected chi connectivity index (χ4v) is 3.68. The third kappa shape index (κ3) is 2.98. The normalized spacial score (nSPS) is 15.9. The molecule has 0 bridgehead atoms. The molecule has 106 valence electrons. The standard InChI is InChI=1S/C12H18N2O4S/c1-2-3-6-14(9-4-5-9)19(17,18)10-7-11(12(15)16)13-8-10/h7-9,13H,2-6H2,1H3,(H,15,16). The number of aromatic amines is 1. The number of nitrogens with zero attached hydrogens (tertiary/aromatic N) is 1. The van der Waals surface area contributed by atoms with Gasteiger partial charge in [0.1, 0.15) is 10.6 Å². The van der Waals surface area contributed by atoms with Crippen molar-refractivity contribution in [2.75, 3.05) is 6.54 Å². The third-order valence-electron chi connectivity index (χ3n) is 3.18. The lowest BCUT2D eigenvalue weighted by Gasteiger charge is -2.20. The van der Waals surface area contributed by atoms with Crippen LogP contribution in [0.25, 0.3) is 0 Å². The Kier molecular flexibility index (Phi) is 3.96. The van der Waals surface area contributed by atoms with E-state index in [0.717, 1.165) is 25.7 Å². The summed E-state index contributed by atoms with van der Waals surface area (Å²) in [5.74, 6) is -1.16. The number of aromatic nitrogens is 1. The van der Waals surface area contributed by atoms with Crippen LogP contribution in [0.5, 0.6) is 0 Å². The molecule has 1 aliphatic rings. The van der Waals surface area contributed by atoms with Crippen molar-refractivity contribution < 1.29 is 18.3 Å². The Hall–Kier alpha value is -1.34. The molecule has 1 aliphatic carbocycles. The molecular weight excluding hydrogens is 268 g/mol. The van der Waals surface area contributed by atoms with Crippen LogP contribution in [0.15, 0.2) is 17.2 Å². The van der Waals surface area contributed by atoms with E-state index >= 15 is 0 Å². The van der Waals surface area contributed by atoms with E-state index in [1.54, 1.807) is 0 Å². The van der Waals surface area contributed by atoms with Gasteiger partial charge in [0.25, 0.3) is 0 Å². The molecule has 0 unspecified atom stereocenters. The van der Waals surface area contributed by atoms with E-state index in [4.69, 9.17) is 5.11 Å². The Bertz CT molecular complexity index is 560. The molecule has 0 saturated heterocycles. The predicted molar refractivity (Wildman–Crippen MR) is 69.6 cm³/mol. The molecular formula is C12H18N2O4S. The maximum absolute atomic E-state index is 12.5. The van der Waals surface area contributed by atoms with Crippen molar-refractivity contribution in [1.82, 2.24) is 9.29 Å². The second-order valence-electron chi connectivity index (χ2n) is 4.75. The molecule has 0 spiro atoms. The number of nitrogens with one attached hydrogen (secondary N) is 1. The lowest BCUT2D eigenvalue weighted by atomic mass is 10.3. The summed E-state index contributed by atoms with van der Waals surface area (Å²) in [4.78, 5) is 13.3. The van der Waals surface area contributed by atoms with Gasteiger partial charge in [0, 0.05) is 18.8 Å². The summed E-state index contributed by atoms with van der Waals surface area (Å²) in [7, 11) is -3.58. The van der Waals surface area contributed by atoms with Gasteiger partial charge in [-0.3, -0.25) is 0 Å². The van der Waals surface area contributed by atoms with Crippen LogP contribution in [0.3, 0.4) is 0 Å². The van der Waals surface area contributed by atoms with Crippen molar-refractivity contribution in [1.29, 1.82) is 0 Å². The van der Waals surface area contributed by atoms with Gasteiger partial charge in [-0.1, -0.05) is 13.3 Å². The SMILES string of the molecule is CCCCN(C1CC1)S(=O)(=O)c1c[nH]c(C(=O)O)c1. The molecule has 2 rings (SSSR count). The van der Waals surface area contributed by atoms with Crippen molar-refractivity contribution in [2.24, 2.45) is 0 Å². The zero-order valence-electron chi connectivity index (χ0n) is 10.8. The van der Waals surface area contributed by atoms with E-state index in [2.05, 4.69) is 4.98 Å². The summed E-state index contributed by atoms with van der Waals surface area (Å²) in [6.07, 6.45) is 4.76. The zero-order chi connectivity index (χ0) is 14.0. The quantitative estimate of drug-likeness (QED) is 0.797. The van der Waals surface area contributed by atoms with Crippen molar-refractivity contribution in [2.45, 2.75) is 43.5 Å². The van der Waals surface area contributed by atoms with Crippen molar-refractivity contribution in [3.05, 3.63) is 18.0 Å². The number of aromatic carboxylic acids is 1. The largest absolute Gasteiger partial charge is 0.477 e. The minimum absolute atomic E-state index is 0.0351. The number of unbranched alkanes of at least 4 members (excludes halogenated alkanes) is 1. The summed E-state index contributed by atoms with van der Waals surface area (Å²) >= 11 is 0. The zero-order valence-corrected chi connectivity index (χ0v) is 11.6. The van der Waals surface area contributed by atoms with E-state index in [1.807, 2.05) is 6.92 Å². The highest BCUT2D eigenvalue weighted by Gasteiger charge is 2.38. The Labute approximate surface area is 112 Å². The van der Waals surface area contributed by atoms with E-state index in [1.165, 1.54) is 16.6 Å². The number of rotatable bonds is 7. The lowest BCUT2D eigenvalue weighted by molar-refractivity contribution is 0.0691. The smallest absolute Gasteiger partial charge is 0.352 e. The van der Waals surface area contributed by atoms with E-state index in [9.17, 15) is 13.2 Å². The minimum Gasteiger partial charge on any atom is -0.477 e. The number of hydrogen-bond acceptors (Lipinski definition) is 3. The second-order valence-corrected chi connectivity index (χ2v) is 6.65. The van der Waals surface area contributed by atoms with E-state index < -0.39 is 16.0 Å². The summed E-state index contributed by atoms with van der Waals surface area (Å²) < 4.78 is 26.4. The summed E-state index contributed by atoms with van der Waals surface area (Å²) in [6, 6.07) is 1.26. The Morgan fingerprint density at radius 3 is 2.68 bits per heavy atom. The number of carboxylic acid groups (broad SMARTS) is 1. The first-order valence-corrected chi connectivity index (χ1v) is 7.84. The van der Waals surface area contributed by atoms with Crippen LogP contribution in [-0.4, -0.2) is 41.4 Å². The van der Waals surface area contributed by atoms with E-state index in [-0.39, 0.29) is 16.6 Å². The fraction of sp³-hybridized carbons (Fsp3) is 0.583. The molecule has 7 heteroatoms.